The van der Waals surface area contributed by atoms with Gasteiger partial charge in [0.1, 0.15) is 5.54 Å². The zero-order valence-electron chi connectivity index (χ0n) is 12.9. The number of carbonyl (C=O) groups excluding carboxylic acids is 2. The lowest BCUT2D eigenvalue weighted by Gasteiger charge is -2.47. The van der Waals surface area contributed by atoms with Crippen molar-refractivity contribution in [2.24, 2.45) is 17.1 Å². The van der Waals surface area contributed by atoms with Crippen LogP contribution in [0.15, 0.2) is 0 Å². The van der Waals surface area contributed by atoms with Crippen molar-refractivity contribution < 1.29 is 9.59 Å². The molecule has 1 saturated carbocycles. The van der Waals surface area contributed by atoms with E-state index in [1.807, 2.05) is 13.8 Å². The van der Waals surface area contributed by atoms with Gasteiger partial charge in [-0.15, -0.1) is 0 Å². The fraction of sp³-hybridized carbons (Fsp3) is 0.867. The third-order valence-corrected chi connectivity index (χ3v) is 5.17. The van der Waals surface area contributed by atoms with Crippen LogP contribution in [0.4, 0.5) is 0 Å². The predicted octanol–water partition coefficient (Wildman–Crippen LogP) is 0.879. The normalized spacial score (nSPS) is 33.7. The summed E-state index contributed by atoms with van der Waals surface area (Å²) in [6.07, 6.45) is 3.78. The maximum Gasteiger partial charge on any atom is 0.245 e. The first-order chi connectivity index (χ1) is 9.33. The van der Waals surface area contributed by atoms with Crippen molar-refractivity contribution >= 4 is 11.8 Å². The van der Waals surface area contributed by atoms with E-state index in [9.17, 15) is 9.59 Å². The molecule has 2 fully saturated rings. The van der Waals surface area contributed by atoms with Crippen molar-refractivity contribution in [1.82, 2.24) is 10.2 Å². The van der Waals surface area contributed by atoms with Crippen LogP contribution in [-0.4, -0.2) is 41.9 Å². The maximum absolute atomic E-state index is 13.0. The fourth-order valence-corrected chi connectivity index (χ4v) is 3.36. The monoisotopic (exact) mass is 281 g/mol. The zero-order valence-corrected chi connectivity index (χ0v) is 12.9. The Morgan fingerprint density at radius 2 is 2.00 bits per heavy atom. The summed E-state index contributed by atoms with van der Waals surface area (Å²) in [5.41, 5.74) is 4.73. The molecular formula is C15H27N3O2. The van der Waals surface area contributed by atoms with Gasteiger partial charge in [-0.2, -0.15) is 0 Å². The molecule has 0 unspecified atom stereocenters. The SMILES string of the molecule is CC1CCC(CN)(C(=O)N2CCNC(=O)C2(C)C)CC1. The molecule has 5 heteroatoms. The van der Waals surface area contributed by atoms with Crippen molar-refractivity contribution in [3.63, 3.8) is 0 Å². The summed E-state index contributed by atoms with van der Waals surface area (Å²) in [6.45, 7) is 7.35. The molecule has 2 amide bonds. The quantitative estimate of drug-likeness (QED) is 0.789. The second kappa shape index (κ2) is 5.35. The average Bonchev–Trinajstić information content (AvgIpc) is 2.42. The summed E-state index contributed by atoms with van der Waals surface area (Å²) in [5, 5.41) is 2.83. The third-order valence-electron chi connectivity index (χ3n) is 5.17. The Balaban J connectivity index is 2.22. The molecule has 0 bridgehead atoms. The van der Waals surface area contributed by atoms with Crippen LogP contribution in [0.3, 0.4) is 0 Å². The second-order valence-electron chi connectivity index (χ2n) is 6.94. The standard InChI is InChI=1S/C15H27N3O2/c1-11-4-6-15(10-16,7-5-11)13(20)18-9-8-17-12(19)14(18,2)3/h11H,4-10,16H2,1-3H3,(H,17,19). The molecule has 0 aromatic heterocycles. The van der Waals surface area contributed by atoms with E-state index in [0.29, 0.717) is 25.6 Å². The van der Waals surface area contributed by atoms with Crippen LogP contribution in [-0.2, 0) is 9.59 Å². The van der Waals surface area contributed by atoms with E-state index in [1.54, 1.807) is 4.90 Å². The average molecular weight is 281 g/mol. The molecule has 3 N–H and O–H groups in total. The van der Waals surface area contributed by atoms with Crippen LogP contribution >= 0.6 is 0 Å². The van der Waals surface area contributed by atoms with Gasteiger partial charge in [0.2, 0.25) is 11.8 Å². The van der Waals surface area contributed by atoms with E-state index in [-0.39, 0.29) is 11.8 Å². The molecular weight excluding hydrogens is 254 g/mol. The van der Waals surface area contributed by atoms with Crippen molar-refractivity contribution in [3.05, 3.63) is 0 Å². The van der Waals surface area contributed by atoms with Gasteiger partial charge < -0.3 is 16.0 Å². The molecule has 20 heavy (non-hydrogen) atoms. The van der Waals surface area contributed by atoms with Crippen LogP contribution in [0.5, 0.6) is 0 Å². The Morgan fingerprint density at radius 3 is 2.55 bits per heavy atom. The number of hydrogen-bond acceptors (Lipinski definition) is 3. The minimum atomic E-state index is -0.777. The Kier molecular flexibility index (Phi) is 4.09. The Morgan fingerprint density at radius 1 is 1.40 bits per heavy atom. The molecule has 0 aromatic carbocycles. The van der Waals surface area contributed by atoms with Gasteiger partial charge >= 0.3 is 0 Å². The van der Waals surface area contributed by atoms with Gasteiger partial charge in [0.15, 0.2) is 0 Å². The van der Waals surface area contributed by atoms with Gasteiger partial charge in [0.05, 0.1) is 5.41 Å². The molecule has 2 aliphatic rings. The van der Waals surface area contributed by atoms with E-state index >= 15 is 0 Å². The predicted molar refractivity (Wildman–Crippen MR) is 77.9 cm³/mol. The highest BCUT2D eigenvalue weighted by Crippen LogP contribution is 2.41. The lowest BCUT2D eigenvalue weighted by atomic mass is 9.69. The number of nitrogens with one attached hydrogen (secondary N) is 1. The summed E-state index contributed by atoms with van der Waals surface area (Å²) in [5.74, 6) is 0.667. The molecule has 0 atom stereocenters. The van der Waals surface area contributed by atoms with Crippen LogP contribution in [0, 0.1) is 11.3 Å². The number of rotatable bonds is 2. The molecule has 0 aromatic rings. The van der Waals surface area contributed by atoms with E-state index in [0.717, 1.165) is 25.7 Å². The van der Waals surface area contributed by atoms with Crippen molar-refractivity contribution in [2.75, 3.05) is 19.6 Å². The van der Waals surface area contributed by atoms with Crippen LogP contribution < -0.4 is 11.1 Å². The first kappa shape index (κ1) is 15.3. The van der Waals surface area contributed by atoms with E-state index in [4.69, 9.17) is 5.73 Å². The molecule has 0 radical (unpaired) electrons. The summed E-state index contributed by atoms with van der Waals surface area (Å²) in [4.78, 5) is 26.8. The lowest BCUT2D eigenvalue weighted by Crippen LogP contribution is -2.66. The highest BCUT2D eigenvalue weighted by atomic mass is 16.2. The topological polar surface area (TPSA) is 75.4 Å². The summed E-state index contributed by atoms with van der Waals surface area (Å²) >= 11 is 0. The number of nitrogens with two attached hydrogens (primary N) is 1. The van der Waals surface area contributed by atoms with E-state index in [1.165, 1.54) is 0 Å². The minimum absolute atomic E-state index is 0.0755. The Hall–Kier alpha value is -1.10. The number of piperazine rings is 1. The number of amides is 2. The molecule has 1 aliphatic heterocycles. The molecule has 1 saturated heterocycles. The molecule has 1 aliphatic carbocycles. The zero-order chi connectivity index (χ0) is 15.0. The van der Waals surface area contributed by atoms with Gasteiger partial charge in [-0.05, 0) is 45.4 Å². The van der Waals surface area contributed by atoms with Crippen LogP contribution in [0.1, 0.15) is 46.5 Å². The fourth-order valence-electron chi connectivity index (χ4n) is 3.36. The van der Waals surface area contributed by atoms with E-state index < -0.39 is 11.0 Å². The van der Waals surface area contributed by atoms with Gasteiger partial charge in [0, 0.05) is 19.6 Å². The minimum Gasteiger partial charge on any atom is -0.352 e. The van der Waals surface area contributed by atoms with Gasteiger partial charge in [-0.1, -0.05) is 6.92 Å². The summed E-state index contributed by atoms with van der Waals surface area (Å²) < 4.78 is 0. The van der Waals surface area contributed by atoms with Crippen LogP contribution in [0.25, 0.3) is 0 Å². The maximum atomic E-state index is 13.0. The Labute approximate surface area is 121 Å². The van der Waals surface area contributed by atoms with Crippen LogP contribution in [0.2, 0.25) is 0 Å². The van der Waals surface area contributed by atoms with Gasteiger partial charge in [-0.25, -0.2) is 0 Å². The summed E-state index contributed by atoms with van der Waals surface area (Å²) in [7, 11) is 0. The lowest BCUT2D eigenvalue weighted by molar-refractivity contribution is -0.158. The second-order valence-corrected chi connectivity index (χ2v) is 6.94. The Bertz CT molecular complexity index is 398. The smallest absolute Gasteiger partial charge is 0.245 e. The van der Waals surface area contributed by atoms with Crippen molar-refractivity contribution in [3.8, 4) is 0 Å². The van der Waals surface area contributed by atoms with E-state index in [2.05, 4.69) is 12.2 Å². The van der Waals surface area contributed by atoms with Crippen molar-refractivity contribution in [2.45, 2.75) is 52.0 Å². The molecule has 5 nitrogen and oxygen atoms in total. The first-order valence-electron chi connectivity index (χ1n) is 7.64. The first-order valence-corrected chi connectivity index (χ1v) is 7.64. The number of nitrogens with zero attached hydrogens (tertiary/aromatic N) is 1. The molecule has 0 spiro atoms. The van der Waals surface area contributed by atoms with Gasteiger partial charge in [-0.3, -0.25) is 9.59 Å². The number of carbonyl (C=O) groups is 2. The highest BCUT2D eigenvalue weighted by Gasteiger charge is 2.48. The third kappa shape index (κ3) is 2.43. The van der Waals surface area contributed by atoms with Gasteiger partial charge in [0.25, 0.3) is 0 Å². The molecule has 114 valence electrons. The molecule has 2 rings (SSSR count). The number of hydrogen-bond donors (Lipinski definition) is 2. The highest BCUT2D eigenvalue weighted by molar-refractivity contribution is 5.93. The molecule has 1 heterocycles. The van der Waals surface area contributed by atoms with Crippen molar-refractivity contribution in [1.29, 1.82) is 0 Å². The largest absolute Gasteiger partial charge is 0.352 e. The summed E-state index contributed by atoms with van der Waals surface area (Å²) in [6, 6.07) is 0.